The summed E-state index contributed by atoms with van der Waals surface area (Å²) in [5.74, 6) is 0.647. The Morgan fingerprint density at radius 2 is 1.70 bits per heavy atom. The number of allylic oxidation sites excluding steroid dienone is 1. The molecule has 0 fully saturated rings. The molecule has 0 saturated heterocycles. The van der Waals surface area contributed by atoms with E-state index in [0.717, 1.165) is 30.8 Å². The Balaban J connectivity index is 1.61. The van der Waals surface area contributed by atoms with Gasteiger partial charge in [-0.25, -0.2) is 0 Å². The van der Waals surface area contributed by atoms with Crippen molar-refractivity contribution in [1.82, 2.24) is 0 Å². The maximum Gasteiger partial charge on any atom is 0.270 e. The smallest absolute Gasteiger partial charge is 0.270 e. The van der Waals surface area contributed by atoms with Gasteiger partial charge in [0.15, 0.2) is 0 Å². The second kappa shape index (κ2) is 9.99. The first-order valence-corrected chi connectivity index (χ1v) is 11.5. The van der Waals surface area contributed by atoms with Crippen molar-refractivity contribution in [2.45, 2.75) is 6.61 Å². The Hall–Kier alpha value is -3.47. The summed E-state index contributed by atoms with van der Waals surface area (Å²) in [5.41, 5.74) is 2.56. The van der Waals surface area contributed by atoms with E-state index >= 15 is 0 Å². The van der Waals surface area contributed by atoms with Crippen LogP contribution in [-0.2, 0) is 6.61 Å². The highest BCUT2D eigenvalue weighted by Crippen LogP contribution is 2.37. The van der Waals surface area contributed by atoms with Gasteiger partial charge in [-0.05, 0) is 77.5 Å². The quantitative estimate of drug-likeness (QED) is 0.103. The van der Waals surface area contributed by atoms with Gasteiger partial charge < -0.3 is 4.74 Å². The van der Waals surface area contributed by atoms with Gasteiger partial charge in [0, 0.05) is 12.1 Å². The predicted molar refractivity (Wildman–Crippen MR) is 137 cm³/mol. The van der Waals surface area contributed by atoms with Crippen LogP contribution in [0.5, 0.6) is 5.75 Å². The van der Waals surface area contributed by atoms with Crippen LogP contribution >= 0.6 is 31.9 Å². The molecule has 0 aliphatic rings. The highest BCUT2D eigenvalue weighted by molar-refractivity contribution is 9.11. The van der Waals surface area contributed by atoms with Crippen molar-refractivity contribution in [3.63, 3.8) is 0 Å². The largest absolute Gasteiger partial charge is 0.487 e. The van der Waals surface area contributed by atoms with Gasteiger partial charge in [-0.2, -0.15) is 5.26 Å². The van der Waals surface area contributed by atoms with Gasteiger partial charge in [0.25, 0.3) is 5.69 Å². The van der Waals surface area contributed by atoms with Gasteiger partial charge in [0.2, 0.25) is 0 Å². The number of hydrogen-bond donors (Lipinski definition) is 0. The molecule has 33 heavy (non-hydrogen) atoms. The number of benzene rings is 4. The summed E-state index contributed by atoms with van der Waals surface area (Å²) in [7, 11) is 0. The summed E-state index contributed by atoms with van der Waals surface area (Å²) in [6, 6.07) is 26.1. The molecule has 0 N–H and O–H groups in total. The minimum absolute atomic E-state index is 0.0619. The minimum atomic E-state index is -0.478. The van der Waals surface area contributed by atoms with Crippen molar-refractivity contribution in [1.29, 1.82) is 5.26 Å². The second-order valence-electron chi connectivity index (χ2n) is 7.22. The fourth-order valence-corrected chi connectivity index (χ4v) is 4.95. The monoisotopic (exact) mass is 562 g/mol. The zero-order chi connectivity index (χ0) is 23.4. The molecular formula is C26H16Br2N2O3. The molecule has 0 aliphatic carbocycles. The molecule has 5 nitrogen and oxygen atoms in total. The number of fused-ring (bicyclic) bond motifs is 1. The summed E-state index contributed by atoms with van der Waals surface area (Å²) in [6.45, 7) is 0.394. The van der Waals surface area contributed by atoms with Gasteiger partial charge in [0.05, 0.1) is 25.5 Å². The number of nitriles is 1. The number of nitro groups is 1. The third kappa shape index (κ3) is 5.14. The zero-order valence-electron chi connectivity index (χ0n) is 17.2. The molecule has 0 spiro atoms. The molecule has 0 saturated carbocycles. The third-order valence-corrected chi connectivity index (χ3v) is 6.25. The molecule has 0 atom stereocenters. The standard InChI is InChI=1S/C26H16Br2N2O3/c27-24-12-17(11-21(15-29)19-7-4-9-22(14-19)30(31)32)13-25(28)26(24)33-16-20-8-3-6-18-5-1-2-10-23(18)20/h1-14H,16H2/b21-11-. The van der Waals surface area contributed by atoms with Crippen LogP contribution < -0.4 is 4.74 Å². The average Bonchev–Trinajstić information content (AvgIpc) is 2.82. The van der Waals surface area contributed by atoms with E-state index in [2.05, 4.69) is 56.1 Å². The molecule has 0 aliphatic heterocycles. The summed E-state index contributed by atoms with van der Waals surface area (Å²) in [6.07, 6.45) is 1.68. The number of halogens is 2. The van der Waals surface area contributed by atoms with E-state index in [9.17, 15) is 15.4 Å². The first-order valence-electron chi connectivity index (χ1n) is 9.91. The second-order valence-corrected chi connectivity index (χ2v) is 8.93. The molecule has 7 heteroatoms. The van der Waals surface area contributed by atoms with Gasteiger partial charge >= 0.3 is 0 Å². The lowest BCUT2D eigenvalue weighted by Crippen LogP contribution is -1.98. The molecule has 162 valence electrons. The molecule has 0 heterocycles. The molecule has 0 aromatic heterocycles. The van der Waals surface area contributed by atoms with E-state index in [1.807, 2.05) is 36.4 Å². The Morgan fingerprint density at radius 3 is 2.42 bits per heavy atom. The van der Waals surface area contributed by atoms with Crippen LogP contribution in [0.15, 0.2) is 87.8 Å². The Labute approximate surface area is 207 Å². The topological polar surface area (TPSA) is 76.2 Å². The van der Waals surface area contributed by atoms with Crippen molar-refractivity contribution >= 4 is 60.0 Å². The highest BCUT2D eigenvalue weighted by Gasteiger charge is 2.12. The normalized spacial score (nSPS) is 11.2. The van der Waals surface area contributed by atoms with Crippen LogP contribution in [0.1, 0.15) is 16.7 Å². The summed E-state index contributed by atoms with van der Waals surface area (Å²) in [5, 5.41) is 23.0. The van der Waals surface area contributed by atoms with Crippen LogP contribution in [-0.4, -0.2) is 4.92 Å². The molecule has 0 bridgehead atoms. The Kier molecular flexibility index (Phi) is 6.87. The SMILES string of the molecule is N#C/C(=C/c1cc(Br)c(OCc2cccc3ccccc23)c(Br)c1)c1cccc([N+](=O)[O-])c1. The highest BCUT2D eigenvalue weighted by atomic mass is 79.9. The molecule has 0 radical (unpaired) electrons. The van der Waals surface area contributed by atoms with Gasteiger partial charge in [-0.3, -0.25) is 10.1 Å². The van der Waals surface area contributed by atoms with Crippen molar-refractivity contribution in [2.75, 3.05) is 0 Å². The van der Waals surface area contributed by atoms with Crippen molar-refractivity contribution in [2.24, 2.45) is 0 Å². The van der Waals surface area contributed by atoms with E-state index in [-0.39, 0.29) is 5.69 Å². The molecule has 0 unspecified atom stereocenters. The number of nitrogens with zero attached hydrogens (tertiary/aromatic N) is 2. The lowest BCUT2D eigenvalue weighted by atomic mass is 10.0. The predicted octanol–water partition coefficient (Wildman–Crippen LogP) is 7.92. The van der Waals surface area contributed by atoms with Crippen LogP contribution in [0.4, 0.5) is 5.69 Å². The number of non-ortho nitro benzene ring substituents is 1. The molecule has 4 rings (SSSR count). The number of nitro benzene ring substituents is 1. The van der Waals surface area contributed by atoms with Crippen molar-refractivity contribution in [3.8, 4) is 11.8 Å². The van der Waals surface area contributed by atoms with Crippen LogP contribution in [0.25, 0.3) is 22.4 Å². The lowest BCUT2D eigenvalue weighted by Gasteiger charge is -2.13. The lowest BCUT2D eigenvalue weighted by molar-refractivity contribution is -0.384. The summed E-state index contributed by atoms with van der Waals surface area (Å²) in [4.78, 5) is 10.6. The van der Waals surface area contributed by atoms with E-state index in [0.29, 0.717) is 23.5 Å². The van der Waals surface area contributed by atoms with E-state index in [1.165, 1.54) is 12.1 Å². The molecule has 4 aromatic rings. The molecule has 4 aromatic carbocycles. The summed E-state index contributed by atoms with van der Waals surface area (Å²) < 4.78 is 7.56. The fraction of sp³-hybridized carbons (Fsp3) is 0.0385. The van der Waals surface area contributed by atoms with E-state index in [4.69, 9.17) is 4.74 Å². The fourth-order valence-electron chi connectivity index (χ4n) is 3.50. The van der Waals surface area contributed by atoms with Crippen LogP contribution in [0.2, 0.25) is 0 Å². The molecular weight excluding hydrogens is 548 g/mol. The Morgan fingerprint density at radius 1 is 1.00 bits per heavy atom. The van der Waals surface area contributed by atoms with Gasteiger partial charge in [-0.1, -0.05) is 54.6 Å². The number of hydrogen-bond acceptors (Lipinski definition) is 4. The maximum absolute atomic E-state index is 11.1. The first kappa shape index (κ1) is 22.7. The van der Waals surface area contributed by atoms with Gasteiger partial charge in [-0.15, -0.1) is 0 Å². The molecule has 0 amide bonds. The summed E-state index contributed by atoms with van der Waals surface area (Å²) >= 11 is 7.13. The zero-order valence-corrected chi connectivity index (χ0v) is 20.3. The minimum Gasteiger partial charge on any atom is -0.487 e. The number of ether oxygens (including phenoxy) is 1. The van der Waals surface area contributed by atoms with Crippen molar-refractivity contribution in [3.05, 3.63) is 115 Å². The van der Waals surface area contributed by atoms with E-state index in [1.54, 1.807) is 18.2 Å². The maximum atomic E-state index is 11.1. The van der Waals surface area contributed by atoms with E-state index < -0.39 is 4.92 Å². The first-order chi connectivity index (χ1) is 16.0. The van der Waals surface area contributed by atoms with Crippen LogP contribution in [0.3, 0.4) is 0 Å². The Bertz CT molecular complexity index is 1410. The van der Waals surface area contributed by atoms with Gasteiger partial charge in [0.1, 0.15) is 12.4 Å². The van der Waals surface area contributed by atoms with Crippen molar-refractivity contribution < 1.29 is 9.66 Å². The third-order valence-electron chi connectivity index (χ3n) is 5.07. The number of rotatable bonds is 6. The van der Waals surface area contributed by atoms with Crippen LogP contribution in [0, 0.1) is 21.4 Å². The average molecular weight is 564 g/mol.